The zero-order valence-electron chi connectivity index (χ0n) is 6.93. The van der Waals surface area contributed by atoms with Crippen LogP contribution < -0.4 is 5.73 Å². The smallest absolute Gasteiger partial charge is 0.137 e. The maximum Gasteiger partial charge on any atom is 0.137 e. The summed E-state index contributed by atoms with van der Waals surface area (Å²) in [5.74, 6) is 0. The number of rotatable bonds is 5. The molecule has 0 aliphatic rings. The fourth-order valence-electron chi connectivity index (χ4n) is 0.966. The van der Waals surface area contributed by atoms with Crippen molar-refractivity contribution >= 4 is 0 Å². The second-order valence-corrected chi connectivity index (χ2v) is 2.68. The summed E-state index contributed by atoms with van der Waals surface area (Å²) in [6.45, 7) is 1.22. The van der Waals surface area contributed by atoms with Gasteiger partial charge >= 0.3 is 0 Å². The van der Waals surface area contributed by atoms with E-state index >= 15 is 0 Å². The van der Waals surface area contributed by atoms with Crippen molar-refractivity contribution in [1.29, 1.82) is 0 Å². The van der Waals surface area contributed by atoms with E-state index in [1.165, 1.54) is 6.33 Å². The van der Waals surface area contributed by atoms with E-state index in [9.17, 15) is 5.11 Å². The Balaban J connectivity index is 2.17. The maximum absolute atomic E-state index is 9.31. The fraction of sp³-hybridized carbons (Fsp3) is 0.714. The Labute approximate surface area is 71.2 Å². The minimum Gasteiger partial charge on any atom is -0.393 e. The van der Waals surface area contributed by atoms with Crippen LogP contribution in [-0.4, -0.2) is 32.5 Å². The van der Waals surface area contributed by atoms with E-state index in [4.69, 9.17) is 5.73 Å². The molecule has 0 saturated heterocycles. The molecule has 0 radical (unpaired) electrons. The van der Waals surface area contributed by atoms with Gasteiger partial charge in [0.25, 0.3) is 0 Å². The Morgan fingerprint density at radius 2 is 2.33 bits per heavy atom. The van der Waals surface area contributed by atoms with Crippen molar-refractivity contribution in [3.63, 3.8) is 0 Å². The van der Waals surface area contributed by atoms with Gasteiger partial charge in [-0.3, -0.25) is 4.68 Å². The Morgan fingerprint density at radius 1 is 1.50 bits per heavy atom. The zero-order chi connectivity index (χ0) is 8.81. The molecule has 1 unspecified atom stereocenters. The molecule has 0 amide bonds. The SMILES string of the molecule is NCCC(O)CCn1cncn1. The number of aryl methyl sites for hydroxylation is 1. The molecule has 1 aromatic rings. The van der Waals surface area contributed by atoms with Crippen LogP contribution in [0.1, 0.15) is 12.8 Å². The van der Waals surface area contributed by atoms with E-state index in [0.717, 1.165) is 0 Å². The third kappa shape index (κ3) is 2.98. The highest BCUT2D eigenvalue weighted by Gasteiger charge is 2.02. The van der Waals surface area contributed by atoms with E-state index in [0.29, 0.717) is 25.9 Å². The van der Waals surface area contributed by atoms with Gasteiger partial charge in [0.15, 0.2) is 0 Å². The molecule has 5 nitrogen and oxygen atoms in total. The first kappa shape index (κ1) is 9.15. The molecule has 12 heavy (non-hydrogen) atoms. The Kier molecular flexibility index (Phi) is 3.69. The number of hydrogen-bond acceptors (Lipinski definition) is 4. The minimum absolute atomic E-state index is 0.320. The summed E-state index contributed by atoms with van der Waals surface area (Å²) >= 11 is 0. The summed E-state index contributed by atoms with van der Waals surface area (Å²) in [5, 5.41) is 13.2. The number of aromatic nitrogens is 3. The van der Waals surface area contributed by atoms with Crippen molar-refractivity contribution in [2.24, 2.45) is 5.73 Å². The molecule has 5 heteroatoms. The second kappa shape index (κ2) is 4.84. The van der Waals surface area contributed by atoms with Crippen molar-refractivity contribution < 1.29 is 5.11 Å². The van der Waals surface area contributed by atoms with Crippen molar-refractivity contribution in [3.8, 4) is 0 Å². The lowest BCUT2D eigenvalue weighted by atomic mass is 10.2. The van der Waals surface area contributed by atoms with E-state index in [-0.39, 0.29) is 6.10 Å². The lowest BCUT2D eigenvalue weighted by Gasteiger charge is -2.07. The van der Waals surface area contributed by atoms with Crippen molar-refractivity contribution in [1.82, 2.24) is 14.8 Å². The predicted molar refractivity (Wildman–Crippen MR) is 44.3 cm³/mol. The molecule has 0 bridgehead atoms. The largest absolute Gasteiger partial charge is 0.393 e. The first-order valence-corrected chi connectivity index (χ1v) is 4.03. The van der Waals surface area contributed by atoms with Crippen molar-refractivity contribution in [2.75, 3.05) is 6.54 Å². The zero-order valence-corrected chi connectivity index (χ0v) is 6.93. The molecule has 1 heterocycles. The molecule has 0 saturated carbocycles. The third-order valence-corrected chi connectivity index (χ3v) is 1.66. The van der Waals surface area contributed by atoms with Crippen molar-refractivity contribution in [3.05, 3.63) is 12.7 Å². The van der Waals surface area contributed by atoms with Crippen LogP contribution in [0.4, 0.5) is 0 Å². The van der Waals surface area contributed by atoms with Gasteiger partial charge in [0, 0.05) is 6.54 Å². The highest BCUT2D eigenvalue weighted by molar-refractivity contribution is 4.60. The van der Waals surface area contributed by atoms with Crippen LogP contribution in [0.5, 0.6) is 0 Å². The molecule has 0 aromatic carbocycles. The molecule has 1 atom stereocenters. The van der Waals surface area contributed by atoms with E-state index < -0.39 is 0 Å². The van der Waals surface area contributed by atoms with Gasteiger partial charge < -0.3 is 10.8 Å². The molecular formula is C7H14N4O. The van der Waals surface area contributed by atoms with Crippen molar-refractivity contribution in [2.45, 2.75) is 25.5 Å². The van der Waals surface area contributed by atoms with Gasteiger partial charge in [-0.2, -0.15) is 5.10 Å². The van der Waals surface area contributed by atoms with Gasteiger partial charge in [0.05, 0.1) is 6.10 Å². The van der Waals surface area contributed by atoms with E-state index in [2.05, 4.69) is 10.1 Å². The van der Waals surface area contributed by atoms with E-state index in [1.54, 1.807) is 11.0 Å². The lowest BCUT2D eigenvalue weighted by molar-refractivity contribution is 0.150. The quantitative estimate of drug-likeness (QED) is 0.617. The summed E-state index contributed by atoms with van der Waals surface area (Å²) in [6.07, 6.45) is 4.12. The minimum atomic E-state index is -0.320. The highest BCUT2D eigenvalue weighted by Crippen LogP contribution is 1.97. The molecule has 0 aliphatic heterocycles. The first-order chi connectivity index (χ1) is 5.83. The number of nitrogens with two attached hydrogens (primary N) is 1. The Bertz CT molecular complexity index is 199. The predicted octanol–water partition coefficient (Wildman–Crippen LogP) is -0.622. The average Bonchev–Trinajstić information content (AvgIpc) is 2.53. The molecule has 0 spiro atoms. The van der Waals surface area contributed by atoms with Crippen LogP contribution in [0.25, 0.3) is 0 Å². The third-order valence-electron chi connectivity index (χ3n) is 1.66. The van der Waals surface area contributed by atoms with Gasteiger partial charge in [0.1, 0.15) is 12.7 Å². The molecular weight excluding hydrogens is 156 g/mol. The molecule has 1 rings (SSSR count). The summed E-state index contributed by atoms with van der Waals surface area (Å²) < 4.78 is 1.69. The first-order valence-electron chi connectivity index (χ1n) is 4.03. The standard InChI is InChI=1S/C7H14N4O/c8-3-1-7(12)2-4-11-6-9-5-10-11/h5-7,12H,1-4,8H2. The molecule has 0 aliphatic carbocycles. The van der Waals surface area contributed by atoms with Gasteiger partial charge in [-0.15, -0.1) is 0 Å². The summed E-state index contributed by atoms with van der Waals surface area (Å²) in [5.41, 5.74) is 5.28. The highest BCUT2D eigenvalue weighted by atomic mass is 16.3. The normalized spacial score (nSPS) is 13.2. The summed E-state index contributed by atoms with van der Waals surface area (Å²) in [7, 11) is 0. The van der Waals surface area contributed by atoms with Gasteiger partial charge in [-0.1, -0.05) is 0 Å². The Morgan fingerprint density at radius 3 is 2.92 bits per heavy atom. The molecule has 68 valence electrons. The maximum atomic E-state index is 9.31. The van der Waals surface area contributed by atoms with Gasteiger partial charge in [-0.25, -0.2) is 4.98 Å². The lowest BCUT2D eigenvalue weighted by Crippen LogP contribution is -2.15. The Hall–Kier alpha value is -0.940. The topological polar surface area (TPSA) is 77.0 Å². The number of hydrogen-bond donors (Lipinski definition) is 2. The van der Waals surface area contributed by atoms with Gasteiger partial charge in [0.2, 0.25) is 0 Å². The van der Waals surface area contributed by atoms with Crippen LogP contribution in [0.3, 0.4) is 0 Å². The van der Waals surface area contributed by atoms with Crippen LogP contribution in [-0.2, 0) is 6.54 Å². The summed E-state index contributed by atoms with van der Waals surface area (Å²) in [6, 6.07) is 0. The van der Waals surface area contributed by atoms with Crippen LogP contribution in [0.2, 0.25) is 0 Å². The van der Waals surface area contributed by atoms with Crippen LogP contribution >= 0.6 is 0 Å². The van der Waals surface area contributed by atoms with Crippen LogP contribution in [0.15, 0.2) is 12.7 Å². The second-order valence-electron chi connectivity index (χ2n) is 2.68. The number of aliphatic hydroxyl groups is 1. The van der Waals surface area contributed by atoms with E-state index in [1.807, 2.05) is 0 Å². The number of aliphatic hydroxyl groups excluding tert-OH is 1. The summed E-state index contributed by atoms with van der Waals surface area (Å²) in [4.78, 5) is 3.79. The average molecular weight is 170 g/mol. The number of nitrogens with zero attached hydrogens (tertiary/aromatic N) is 3. The fourth-order valence-corrected chi connectivity index (χ4v) is 0.966. The molecule has 3 N–H and O–H groups in total. The molecule has 1 aromatic heterocycles. The monoisotopic (exact) mass is 170 g/mol. The molecule has 0 fully saturated rings. The van der Waals surface area contributed by atoms with Crippen LogP contribution in [0, 0.1) is 0 Å². The van der Waals surface area contributed by atoms with Gasteiger partial charge in [-0.05, 0) is 19.4 Å².